The number of amides is 1. The molecule has 7 heteroatoms. The molecule has 3 N–H and O–H groups in total. The Morgan fingerprint density at radius 2 is 1.79 bits per heavy atom. The molecule has 0 radical (unpaired) electrons. The Morgan fingerprint density at radius 3 is 2.38 bits per heavy atom. The van der Waals surface area contributed by atoms with Gasteiger partial charge in [0.2, 0.25) is 0 Å². The third-order valence-corrected chi connectivity index (χ3v) is 3.00. The second-order valence-corrected chi connectivity index (χ2v) is 4.63. The van der Waals surface area contributed by atoms with Gasteiger partial charge in [-0.25, -0.2) is 9.18 Å². The molecule has 0 saturated carbocycles. The number of halogens is 1. The Balaban J connectivity index is 2.08. The third kappa shape index (κ3) is 4.18. The Hall–Kier alpha value is -3.66. The van der Waals surface area contributed by atoms with Crippen LogP contribution in [0.2, 0.25) is 0 Å². The van der Waals surface area contributed by atoms with Crippen molar-refractivity contribution in [2.24, 2.45) is 0 Å². The lowest BCUT2D eigenvalue weighted by molar-refractivity contribution is -0.112. The molecule has 0 aliphatic heterocycles. The van der Waals surface area contributed by atoms with E-state index in [9.17, 15) is 14.0 Å². The highest BCUT2D eigenvalue weighted by Gasteiger charge is 2.10. The highest BCUT2D eigenvalue weighted by atomic mass is 19.1. The minimum atomic E-state index is -1.08. The van der Waals surface area contributed by atoms with Gasteiger partial charge in [-0.1, -0.05) is 12.1 Å². The summed E-state index contributed by atoms with van der Waals surface area (Å²) in [6.07, 6.45) is 1.10. The van der Waals surface area contributed by atoms with E-state index in [1.807, 2.05) is 0 Å². The van der Waals surface area contributed by atoms with Gasteiger partial charge < -0.3 is 15.7 Å². The van der Waals surface area contributed by atoms with E-state index in [1.165, 1.54) is 42.5 Å². The fourth-order valence-corrected chi connectivity index (χ4v) is 1.77. The van der Waals surface area contributed by atoms with E-state index in [0.717, 1.165) is 6.20 Å². The van der Waals surface area contributed by atoms with Crippen LogP contribution >= 0.6 is 0 Å². The standard InChI is InChI=1S/C17H12FN3O3/c18-14-3-1-2-4-15(14)20-10-12(9-19)16(22)21-13-7-5-11(6-8-13)17(23)24/h1-8,10,20H,(H,21,22)(H,23,24)/b12-10-. The molecular weight excluding hydrogens is 313 g/mol. The predicted octanol–water partition coefficient (Wildman–Crippen LogP) is 2.98. The molecule has 0 fully saturated rings. The summed E-state index contributed by atoms with van der Waals surface area (Å²) in [5.41, 5.74) is 0.270. The molecular formula is C17H12FN3O3. The van der Waals surface area contributed by atoms with Crippen LogP contribution in [0.1, 0.15) is 10.4 Å². The third-order valence-electron chi connectivity index (χ3n) is 3.00. The largest absolute Gasteiger partial charge is 0.478 e. The van der Waals surface area contributed by atoms with Crippen LogP contribution < -0.4 is 10.6 Å². The van der Waals surface area contributed by atoms with Crippen molar-refractivity contribution in [3.05, 3.63) is 71.7 Å². The van der Waals surface area contributed by atoms with Crippen molar-refractivity contribution in [2.45, 2.75) is 0 Å². The number of para-hydroxylation sites is 1. The zero-order valence-corrected chi connectivity index (χ0v) is 12.3. The molecule has 0 aliphatic rings. The second kappa shape index (κ2) is 7.56. The molecule has 0 bridgehead atoms. The summed E-state index contributed by atoms with van der Waals surface area (Å²) in [6.45, 7) is 0. The number of carbonyl (C=O) groups excluding carboxylic acids is 1. The topological polar surface area (TPSA) is 102 Å². The number of carbonyl (C=O) groups is 2. The van der Waals surface area contributed by atoms with E-state index in [0.29, 0.717) is 5.69 Å². The first kappa shape index (κ1) is 16.7. The molecule has 0 heterocycles. The van der Waals surface area contributed by atoms with Crippen molar-refractivity contribution in [2.75, 3.05) is 10.6 Å². The minimum absolute atomic E-state index is 0.0743. The second-order valence-electron chi connectivity index (χ2n) is 4.63. The van der Waals surface area contributed by atoms with Crippen LogP contribution in [0, 0.1) is 17.1 Å². The summed E-state index contributed by atoms with van der Waals surface area (Å²) in [4.78, 5) is 22.8. The smallest absolute Gasteiger partial charge is 0.335 e. The van der Waals surface area contributed by atoms with Gasteiger partial charge in [-0.2, -0.15) is 5.26 Å². The first-order valence-corrected chi connectivity index (χ1v) is 6.77. The van der Waals surface area contributed by atoms with E-state index in [2.05, 4.69) is 10.6 Å². The molecule has 0 aliphatic carbocycles. The molecule has 0 unspecified atom stereocenters. The zero-order chi connectivity index (χ0) is 17.5. The predicted molar refractivity (Wildman–Crippen MR) is 85.7 cm³/mol. The van der Waals surface area contributed by atoms with E-state index in [1.54, 1.807) is 12.1 Å². The molecule has 0 aromatic heterocycles. The number of hydrogen-bond acceptors (Lipinski definition) is 4. The van der Waals surface area contributed by atoms with Gasteiger partial charge in [-0.15, -0.1) is 0 Å². The van der Waals surface area contributed by atoms with Crippen LogP contribution in [0.3, 0.4) is 0 Å². The maximum absolute atomic E-state index is 13.5. The van der Waals surface area contributed by atoms with Crippen LogP contribution in [-0.2, 0) is 4.79 Å². The normalized spacial score (nSPS) is 10.6. The summed E-state index contributed by atoms with van der Waals surface area (Å²) in [6, 6.07) is 13.0. The molecule has 0 atom stereocenters. The first-order valence-electron chi connectivity index (χ1n) is 6.77. The van der Waals surface area contributed by atoms with Crippen LogP contribution in [-0.4, -0.2) is 17.0 Å². The lowest BCUT2D eigenvalue weighted by Crippen LogP contribution is -2.14. The summed E-state index contributed by atoms with van der Waals surface area (Å²) in [5.74, 6) is -2.31. The lowest BCUT2D eigenvalue weighted by atomic mass is 10.2. The maximum atomic E-state index is 13.5. The Labute approximate surface area is 136 Å². The van der Waals surface area contributed by atoms with Gasteiger partial charge in [-0.3, -0.25) is 4.79 Å². The molecule has 2 aromatic carbocycles. The number of carboxylic acids is 1. The fraction of sp³-hybridized carbons (Fsp3) is 0. The summed E-state index contributed by atoms with van der Waals surface area (Å²) < 4.78 is 13.5. The average molecular weight is 325 g/mol. The number of aromatic carboxylic acids is 1. The SMILES string of the molecule is N#C/C(=C/Nc1ccccc1F)C(=O)Nc1ccc(C(=O)O)cc1. The first-order chi connectivity index (χ1) is 11.5. The van der Waals surface area contributed by atoms with E-state index in [-0.39, 0.29) is 16.8 Å². The van der Waals surface area contributed by atoms with Crippen molar-refractivity contribution >= 4 is 23.3 Å². The van der Waals surface area contributed by atoms with Crippen LogP contribution in [0.5, 0.6) is 0 Å². The minimum Gasteiger partial charge on any atom is -0.478 e. The molecule has 1 amide bonds. The van der Waals surface area contributed by atoms with E-state index in [4.69, 9.17) is 10.4 Å². The average Bonchev–Trinajstić information content (AvgIpc) is 2.57. The van der Waals surface area contributed by atoms with E-state index >= 15 is 0 Å². The number of hydrogen-bond donors (Lipinski definition) is 3. The summed E-state index contributed by atoms with van der Waals surface area (Å²) in [7, 11) is 0. The van der Waals surface area contributed by atoms with Crippen LogP contribution in [0.25, 0.3) is 0 Å². The summed E-state index contributed by atoms with van der Waals surface area (Å²) >= 11 is 0. The lowest BCUT2D eigenvalue weighted by Gasteiger charge is -2.06. The van der Waals surface area contributed by atoms with E-state index < -0.39 is 17.7 Å². The number of nitrogens with zero attached hydrogens (tertiary/aromatic N) is 1. The highest BCUT2D eigenvalue weighted by molar-refractivity contribution is 6.06. The quantitative estimate of drug-likeness (QED) is 0.579. The number of nitrogens with one attached hydrogen (secondary N) is 2. The van der Waals surface area contributed by atoms with Crippen molar-refractivity contribution in [1.29, 1.82) is 5.26 Å². The molecule has 24 heavy (non-hydrogen) atoms. The molecule has 2 rings (SSSR count). The molecule has 120 valence electrons. The molecule has 0 spiro atoms. The zero-order valence-electron chi connectivity index (χ0n) is 12.3. The van der Waals surface area contributed by atoms with Crippen molar-refractivity contribution in [1.82, 2.24) is 0 Å². The summed E-state index contributed by atoms with van der Waals surface area (Å²) in [5, 5.41) is 22.9. The molecule has 6 nitrogen and oxygen atoms in total. The van der Waals surface area contributed by atoms with Crippen molar-refractivity contribution in [3.8, 4) is 6.07 Å². The monoisotopic (exact) mass is 325 g/mol. The number of carboxylic acid groups (broad SMARTS) is 1. The Morgan fingerprint density at radius 1 is 1.12 bits per heavy atom. The number of anilines is 2. The number of rotatable bonds is 5. The molecule has 2 aromatic rings. The Kier molecular flexibility index (Phi) is 5.26. The van der Waals surface area contributed by atoms with Gasteiger partial charge in [0.25, 0.3) is 5.91 Å². The maximum Gasteiger partial charge on any atom is 0.335 e. The van der Waals surface area contributed by atoms with Crippen molar-refractivity contribution < 1.29 is 19.1 Å². The Bertz CT molecular complexity index is 839. The molecule has 0 saturated heterocycles. The highest BCUT2D eigenvalue weighted by Crippen LogP contribution is 2.14. The van der Waals surface area contributed by atoms with Crippen LogP contribution in [0.4, 0.5) is 15.8 Å². The number of benzene rings is 2. The number of nitriles is 1. The fourth-order valence-electron chi connectivity index (χ4n) is 1.77. The van der Waals surface area contributed by atoms with Gasteiger partial charge in [0.1, 0.15) is 17.5 Å². The van der Waals surface area contributed by atoms with Gasteiger partial charge in [0.15, 0.2) is 0 Å². The van der Waals surface area contributed by atoms with Gasteiger partial charge in [0.05, 0.1) is 11.3 Å². The van der Waals surface area contributed by atoms with Gasteiger partial charge >= 0.3 is 5.97 Å². The van der Waals surface area contributed by atoms with Gasteiger partial charge in [-0.05, 0) is 36.4 Å². The van der Waals surface area contributed by atoms with Crippen LogP contribution in [0.15, 0.2) is 60.3 Å². The van der Waals surface area contributed by atoms with Crippen molar-refractivity contribution in [3.63, 3.8) is 0 Å². The van der Waals surface area contributed by atoms with Gasteiger partial charge in [0, 0.05) is 11.9 Å².